The summed E-state index contributed by atoms with van der Waals surface area (Å²) in [7, 11) is 1.48. The normalized spacial score (nSPS) is 10.2. The Hall–Kier alpha value is -2.93. The molecule has 7 nitrogen and oxygen atoms in total. The number of carbonyl (C=O) groups is 2. The number of aryl methyl sites for hydroxylation is 1. The number of rotatable bonds is 8. The SMILES string of the molecule is CCOc1cc(C(=O)Nc2cc(C)c(Cl)cc2OC)ccc1OCC(=O)O. The van der Waals surface area contributed by atoms with Gasteiger partial charge in [0.25, 0.3) is 5.91 Å². The van der Waals surface area contributed by atoms with Crippen molar-refractivity contribution in [1.29, 1.82) is 0 Å². The third-order valence-electron chi connectivity index (χ3n) is 3.59. The Bertz CT molecular complexity index is 852. The van der Waals surface area contributed by atoms with Gasteiger partial charge in [0.1, 0.15) is 5.75 Å². The molecule has 2 aromatic carbocycles. The number of hydrogen-bond acceptors (Lipinski definition) is 5. The van der Waals surface area contributed by atoms with Crippen LogP contribution in [0.3, 0.4) is 0 Å². The number of aliphatic carboxylic acids is 1. The van der Waals surface area contributed by atoms with E-state index in [0.717, 1.165) is 5.56 Å². The van der Waals surface area contributed by atoms with Crippen LogP contribution >= 0.6 is 11.6 Å². The molecular formula is C19H20ClNO6. The highest BCUT2D eigenvalue weighted by molar-refractivity contribution is 6.31. The zero-order valence-corrected chi connectivity index (χ0v) is 15.9. The smallest absolute Gasteiger partial charge is 0.341 e. The van der Waals surface area contributed by atoms with Gasteiger partial charge in [-0.1, -0.05) is 11.6 Å². The molecule has 0 fully saturated rings. The van der Waals surface area contributed by atoms with Crippen LogP contribution in [0.4, 0.5) is 5.69 Å². The number of carboxylic acids is 1. The van der Waals surface area contributed by atoms with E-state index >= 15 is 0 Å². The van der Waals surface area contributed by atoms with Gasteiger partial charge in [-0.25, -0.2) is 4.79 Å². The van der Waals surface area contributed by atoms with Gasteiger partial charge in [0.15, 0.2) is 18.1 Å². The molecule has 0 spiro atoms. The van der Waals surface area contributed by atoms with Crippen LogP contribution in [0.15, 0.2) is 30.3 Å². The van der Waals surface area contributed by atoms with Gasteiger partial charge >= 0.3 is 5.97 Å². The van der Waals surface area contributed by atoms with Crippen LogP contribution in [0.2, 0.25) is 5.02 Å². The first-order valence-corrected chi connectivity index (χ1v) is 8.50. The summed E-state index contributed by atoms with van der Waals surface area (Å²) in [6.45, 7) is 3.42. The molecule has 2 rings (SSSR count). The van der Waals surface area contributed by atoms with Crippen LogP contribution in [-0.4, -0.2) is 37.3 Å². The number of methoxy groups -OCH3 is 1. The minimum Gasteiger partial charge on any atom is -0.495 e. The van der Waals surface area contributed by atoms with Crippen molar-refractivity contribution < 1.29 is 28.9 Å². The highest BCUT2D eigenvalue weighted by Crippen LogP contribution is 2.32. The maximum atomic E-state index is 12.6. The average Bonchev–Trinajstić information content (AvgIpc) is 2.63. The molecule has 1 amide bonds. The molecule has 0 aromatic heterocycles. The van der Waals surface area contributed by atoms with Gasteiger partial charge < -0.3 is 24.6 Å². The molecule has 0 bridgehead atoms. The molecule has 27 heavy (non-hydrogen) atoms. The zero-order valence-electron chi connectivity index (χ0n) is 15.2. The third-order valence-corrected chi connectivity index (χ3v) is 3.99. The number of hydrogen-bond donors (Lipinski definition) is 2. The summed E-state index contributed by atoms with van der Waals surface area (Å²) in [6, 6.07) is 7.84. The van der Waals surface area contributed by atoms with Crippen LogP contribution in [0.1, 0.15) is 22.8 Å². The van der Waals surface area contributed by atoms with E-state index in [1.807, 2.05) is 6.92 Å². The maximum Gasteiger partial charge on any atom is 0.341 e. The van der Waals surface area contributed by atoms with E-state index in [1.165, 1.54) is 25.3 Å². The Kier molecular flexibility index (Phi) is 6.90. The fraction of sp³-hybridized carbons (Fsp3) is 0.263. The van der Waals surface area contributed by atoms with E-state index in [0.29, 0.717) is 28.6 Å². The van der Waals surface area contributed by atoms with Crippen LogP contribution < -0.4 is 19.5 Å². The number of ether oxygens (including phenoxy) is 3. The second-order valence-electron chi connectivity index (χ2n) is 5.53. The average molecular weight is 394 g/mol. The molecule has 144 valence electrons. The molecule has 0 aliphatic heterocycles. The predicted octanol–water partition coefficient (Wildman–Crippen LogP) is 3.77. The lowest BCUT2D eigenvalue weighted by atomic mass is 10.1. The van der Waals surface area contributed by atoms with Crippen LogP contribution in [0, 0.1) is 6.92 Å². The Morgan fingerprint density at radius 2 is 1.85 bits per heavy atom. The Labute approximate surface area is 161 Å². The molecule has 0 unspecified atom stereocenters. The number of carboxylic acid groups (broad SMARTS) is 1. The van der Waals surface area contributed by atoms with Gasteiger partial charge in [-0.15, -0.1) is 0 Å². The number of benzene rings is 2. The van der Waals surface area contributed by atoms with Crippen molar-refractivity contribution in [2.24, 2.45) is 0 Å². The molecule has 0 radical (unpaired) electrons. The summed E-state index contributed by atoms with van der Waals surface area (Å²) in [5, 5.41) is 12.0. The van der Waals surface area contributed by atoms with E-state index < -0.39 is 12.6 Å². The maximum absolute atomic E-state index is 12.6. The van der Waals surface area contributed by atoms with Crippen molar-refractivity contribution in [3.63, 3.8) is 0 Å². The lowest BCUT2D eigenvalue weighted by molar-refractivity contribution is -0.139. The van der Waals surface area contributed by atoms with Gasteiger partial charge in [0.2, 0.25) is 0 Å². The standard InChI is InChI=1S/C19H20ClNO6/c1-4-26-17-8-12(5-6-15(17)27-10-18(22)23)19(24)21-14-7-11(2)13(20)9-16(14)25-3/h5-9H,4,10H2,1-3H3,(H,21,24)(H,22,23). The molecule has 0 atom stereocenters. The number of amides is 1. The quantitative estimate of drug-likeness (QED) is 0.709. The fourth-order valence-electron chi connectivity index (χ4n) is 2.30. The first-order chi connectivity index (χ1) is 12.8. The Balaban J connectivity index is 2.27. The van der Waals surface area contributed by atoms with Crippen molar-refractivity contribution in [2.45, 2.75) is 13.8 Å². The predicted molar refractivity (Wildman–Crippen MR) is 101 cm³/mol. The molecule has 8 heteroatoms. The van der Waals surface area contributed by atoms with E-state index in [2.05, 4.69) is 5.32 Å². The van der Waals surface area contributed by atoms with Crippen LogP contribution in [0.25, 0.3) is 0 Å². The van der Waals surface area contributed by atoms with Crippen molar-refractivity contribution in [1.82, 2.24) is 0 Å². The van der Waals surface area contributed by atoms with Gasteiger partial charge in [-0.05, 0) is 43.7 Å². The van der Waals surface area contributed by atoms with Gasteiger partial charge in [-0.3, -0.25) is 4.79 Å². The monoisotopic (exact) mass is 393 g/mol. The molecule has 2 aromatic rings. The molecule has 0 heterocycles. The molecule has 2 N–H and O–H groups in total. The lowest BCUT2D eigenvalue weighted by Crippen LogP contribution is -2.14. The summed E-state index contributed by atoms with van der Waals surface area (Å²) in [5.41, 5.74) is 1.59. The molecule has 0 saturated carbocycles. The lowest BCUT2D eigenvalue weighted by Gasteiger charge is -2.14. The van der Waals surface area contributed by atoms with E-state index in [-0.39, 0.29) is 17.4 Å². The van der Waals surface area contributed by atoms with Gasteiger partial charge in [-0.2, -0.15) is 0 Å². The van der Waals surface area contributed by atoms with Crippen molar-refractivity contribution >= 4 is 29.2 Å². The highest BCUT2D eigenvalue weighted by atomic mass is 35.5. The Morgan fingerprint density at radius 1 is 1.11 bits per heavy atom. The van der Waals surface area contributed by atoms with Crippen LogP contribution in [-0.2, 0) is 4.79 Å². The summed E-state index contributed by atoms with van der Waals surface area (Å²) in [5.74, 6) is -0.531. The third kappa shape index (κ3) is 5.27. The molecule has 0 aliphatic rings. The first kappa shape index (κ1) is 20.4. The second-order valence-corrected chi connectivity index (χ2v) is 5.94. The van der Waals surface area contributed by atoms with Crippen molar-refractivity contribution in [3.05, 3.63) is 46.5 Å². The fourth-order valence-corrected chi connectivity index (χ4v) is 2.45. The number of carbonyl (C=O) groups excluding carboxylic acids is 1. The summed E-state index contributed by atoms with van der Waals surface area (Å²) >= 11 is 6.08. The van der Waals surface area contributed by atoms with Gasteiger partial charge in [0.05, 0.1) is 19.4 Å². The zero-order chi connectivity index (χ0) is 20.0. The van der Waals surface area contributed by atoms with E-state index in [1.54, 1.807) is 19.1 Å². The number of anilines is 1. The molecule has 0 aliphatic carbocycles. The first-order valence-electron chi connectivity index (χ1n) is 8.12. The minimum atomic E-state index is -1.11. The van der Waals surface area contributed by atoms with Crippen LogP contribution in [0.5, 0.6) is 17.2 Å². The highest BCUT2D eigenvalue weighted by Gasteiger charge is 2.15. The van der Waals surface area contributed by atoms with Gasteiger partial charge in [0, 0.05) is 16.7 Å². The topological polar surface area (TPSA) is 94.1 Å². The van der Waals surface area contributed by atoms with E-state index in [4.69, 9.17) is 30.9 Å². The van der Waals surface area contributed by atoms with E-state index in [9.17, 15) is 9.59 Å². The largest absolute Gasteiger partial charge is 0.495 e. The summed E-state index contributed by atoms with van der Waals surface area (Å²) in [6.07, 6.45) is 0. The second kappa shape index (κ2) is 9.14. The summed E-state index contributed by atoms with van der Waals surface area (Å²) in [4.78, 5) is 23.3. The number of nitrogens with one attached hydrogen (secondary N) is 1. The molecule has 0 saturated heterocycles. The molecular weight excluding hydrogens is 374 g/mol. The van der Waals surface area contributed by atoms with Crippen molar-refractivity contribution in [2.75, 3.05) is 25.6 Å². The minimum absolute atomic E-state index is 0.246. The summed E-state index contributed by atoms with van der Waals surface area (Å²) < 4.78 is 15.9. The Morgan fingerprint density at radius 3 is 2.48 bits per heavy atom. The van der Waals surface area contributed by atoms with Crippen molar-refractivity contribution in [3.8, 4) is 17.2 Å². The number of halogens is 1.